The minimum atomic E-state index is -0.717. The van der Waals surface area contributed by atoms with E-state index in [4.69, 9.17) is 0 Å². The van der Waals surface area contributed by atoms with Gasteiger partial charge >= 0.3 is 0 Å². The fourth-order valence-electron chi connectivity index (χ4n) is 1.45. The Balaban J connectivity index is 2.64. The molecule has 1 heterocycles. The molecule has 4 nitrogen and oxygen atoms in total. The van der Waals surface area contributed by atoms with E-state index in [2.05, 4.69) is 31.5 Å². The maximum Gasteiger partial charge on any atom is 0.159 e. The van der Waals surface area contributed by atoms with Crippen LogP contribution in [0, 0.1) is 11.6 Å². The van der Waals surface area contributed by atoms with Gasteiger partial charge in [-0.3, -0.25) is 0 Å². The summed E-state index contributed by atoms with van der Waals surface area (Å²) in [5.74, 6) is -1.06. The SMILES string of the molecule is CC(C)c1nnnn1-c1c(F)cc(Br)cc1F. The molecule has 0 aliphatic carbocycles. The van der Waals surface area contributed by atoms with Crippen LogP contribution in [0.2, 0.25) is 0 Å². The van der Waals surface area contributed by atoms with Crippen molar-refractivity contribution in [2.24, 2.45) is 0 Å². The molecule has 0 N–H and O–H groups in total. The first-order valence-corrected chi connectivity index (χ1v) is 5.73. The lowest BCUT2D eigenvalue weighted by Gasteiger charge is -2.09. The highest BCUT2D eigenvalue weighted by Crippen LogP contribution is 2.24. The van der Waals surface area contributed by atoms with Crippen LogP contribution in [-0.2, 0) is 0 Å². The maximum absolute atomic E-state index is 13.7. The van der Waals surface area contributed by atoms with Crippen molar-refractivity contribution in [3.8, 4) is 5.69 Å². The summed E-state index contributed by atoms with van der Waals surface area (Å²) in [6.07, 6.45) is 0. The molecule has 90 valence electrons. The Morgan fingerprint density at radius 2 is 1.82 bits per heavy atom. The number of aromatic nitrogens is 4. The zero-order chi connectivity index (χ0) is 12.6. The lowest BCUT2D eigenvalue weighted by atomic mass is 10.2. The van der Waals surface area contributed by atoms with E-state index in [-0.39, 0.29) is 11.6 Å². The Bertz CT molecular complexity index is 530. The molecule has 0 amide bonds. The zero-order valence-electron chi connectivity index (χ0n) is 9.15. The van der Waals surface area contributed by atoms with Crippen molar-refractivity contribution in [3.63, 3.8) is 0 Å². The molecule has 7 heteroatoms. The van der Waals surface area contributed by atoms with Gasteiger partial charge in [-0.25, -0.2) is 8.78 Å². The van der Waals surface area contributed by atoms with Gasteiger partial charge in [0, 0.05) is 10.4 Å². The number of hydrogen-bond donors (Lipinski definition) is 0. The molecule has 0 aliphatic rings. The minimum Gasteiger partial charge on any atom is -0.204 e. The van der Waals surface area contributed by atoms with E-state index in [1.54, 1.807) is 0 Å². The maximum atomic E-state index is 13.7. The topological polar surface area (TPSA) is 43.6 Å². The molecule has 1 aromatic carbocycles. The van der Waals surface area contributed by atoms with Crippen molar-refractivity contribution in [3.05, 3.63) is 34.1 Å². The predicted molar refractivity (Wildman–Crippen MR) is 60.9 cm³/mol. The molecule has 0 fully saturated rings. The van der Waals surface area contributed by atoms with Crippen molar-refractivity contribution in [1.82, 2.24) is 20.2 Å². The van der Waals surface area contributed by atoms with E-state index >= 15 is 0 Å². The molecule has 0 unspecified atom stereocenters. The van der Waals surface area contributed by atoms with E-state index in [0.717, 1.165) is 4.68 Å². The molecule has 0 radical (unpaired) electrons. The summed E-state index contributed by atoms with van der Waals surface area (Å²) in [6, 6.07) is 2.34. The molecule has 2 rings (SSSR count). The number of tetrazole rings is 1. The van der Waals surface area contributed by atoms with Crippen molar-refractivity contribution in [2.75, 3.05) is 0 Å². The van der Waals surface area contributed by atoms with Gasteiger partial charge in [-0.05, 0) is 22.6 Å². The Kier molecular flexibility index (Phi) is 3.19. The first kappa shape index (κ1) is 12.1. The smallest absolute Gasteiger partial charge is 0.159 e. The average Bonchev–Trinajstić information content (AvgIpc) is 2.64. The van der Waals surface area contributed by atoms with Gasteiger partial charge in [-0.1, -0.05) is 29.8 Å². The van der Waals surface area contributed by atoms with E-state index in [1.807, 2.05) is 13.8 Å². The first-order valence-electron chi connectivity index (χ1n) is 4.94. The van der Waals surface area contributed by atoms with Crippen molar-refractivity contribution in [2.45, 2.75) is 19.8 Å². The summed E-state index contributed by atoms with van der Waals surface area (Å²) in [4.78, 5) is 0. The van der Waals surface area contributed by atoms with Crippen LogP contribution in [0.3, 0.4) is 0 Å². The predicted octanol–water partition coefficient (Wildman–Crippen LogP) is 2.83. The van der Waals surface area contributed by atoms with Gasteiger partial charge in [-0.2, -0.15) is 4.68 Å². The number of rotatable bonds is 2. The Labute approximate surface area is 105 Å². The average molecular weight is 303 g/mol. The second-order valence-electron chi connectivity index (χ2n) is 3.82. The quantitative estimate of drug-likeness (QED) is 0.857. The highest BCUT2D eigenvalue weighted by Gasteiger charge is 2.19. The molecule has 1 aromatic heterocycles. The second kappa shape index (κ2) is 4.48. The van der Waals surface area contributed by atoms with Crippen LogP contribution in [0.4, 0.5) is 8.78 Å². The number of halogens is 3. The van der Waals surface area contributed by atoms with Crippen molar-refractivity contribution < 1.29 is 8.78 Å². The molecule has 0 spiro atoms. The van der Waals surface area contributed by atoms with Crippen molar-refractivity contribution in [1.29, 1.82) is 0 Å². The zero-order valence-corrected chi connectivity index (χ0v) is 10.7. The molecule has 2 aromatic rings. The molecule has 0 bridgehead atoms. The summed E-state index contributed by atoms with van der Waals surface area (Å²) in [6.45, 7) is 3.69. The van der Waals surface area contributed by atoms with Crippen LogP contribution in [0.15, 0.2) is 16.6 Å². The summed E-state index contributed by atoms with van der Waals surface area (Å²) in [5, 5.41) is 10.8. The van der Waals surface area contributed by atoms with Crippen LogP contribution in [0.25, 0.3) is 5.69 Å². The molecule has 0 saturated heterocycles. The van der Waals surface area contributed by atoms with E-state index < -0.39 is 11.6 Å². The van der Waals surface area contributed by atoms with Crippen LogP contribution < -0.4 is 0 Å². The monoisotopic (exact) mass is 302 g/mol. The largest absolute Gasteiger partial charge is 0.204 e. The Morgan fingerprint density at radius 1 is 1.24 bits per heavy atom. The highest BCUT2D eigenvalue weighted by atomic mass is 79.9. The van der Waals surface area contributed by atoms with Gasteiger partial charge in [0.05, 0.1) is 0 Å². The molecule has 0 atom stereocenters. The van der Waals surface area contributed by atoms with Gasteiger partial charge in [0.15, 0.2) is 17.5 Å². The highest BCUT2D eigenvalue weighted by molar-refractivity contribution is 9.10. The second-order valence-corrected chi connectivity index (χ2v) is 4.74. The first-order chi connectivity index (χ1) is 8.00. The number of hydrogen-bond acceptors (Lipinski definition) is 3. The van der Waals surface area contributed by atoms with Crippen LogP contribution >= 0.6 is 15.9 Å². The molecule has 17 heavy (non-hydrogen) atoms. The lowest BCUT2D eigenvalue weighted by molar-refractivity contribution is 0.546. The summed E-state index contributed by atoms with van der Waals surface area (Å²) in [7, 11) is 0. The third-order valence-electron chi connectivity index (χ3n) is 2.20. The molecular weight excluding hydrogens is 294 g/mol. The lowest BCUT2D eigenvalue weighted by Crippen LogP contribution is -2.09. The fraction of sp³-hybridized carbons (Fsp3) is 0.300. The number of benzene rings is 1. The Morgan fingerprint density at radius 3 is 2.35 bits per heavy atom. The third kappa shape index (κ3) is 2.19. The van der Waals surface area contributed by atoms with Gasteiger partial charge in [0.25, 0.3) is 0 Å². The number of nitrogens with zero attached hydrogens (tertiary/aromatic N) is 4. The van der Waals surface area contributed by atoms with Gasteiger partial charge < -0.3 is 0 Å². The summed E-state index contributed by atoms with van der Waals surface area (Å²) < 4.78 is 28.9. The molecule has 0 saturated carbocycles. The van der Waals surface area contributed by atoms with Gasteiger partial charge in [0.2, 0.25) is 0 Å². The summed E-state index contributed by atoms with van der Waals surface area (Å²) in [5.41, 5.74) is -0.262. The molecular formula is C10H9BrF2N4. The molecule has 0 aliphatic heterocycles. The van der Waals surface area contributed by atoms with E-state index in [1.165, 1.54) is 12.1 Å². The van der Waals surface area contributed by atoms with Gasteiger partial charge in [0.1, 0.15) is 5.69 Å². The van der Waals surface area contributed by atoms with Crippen LogP contribution in [0.5, 0.6) is 0 Å². The fourth-order valence-corrected chi connectivity index (χ4v) is 1.85. The van der Waals surface area contributed by atoms with E-state index in [9.17, 15) is 8.78 Å². The van der Waals surface area contributed by atoms with Crippen LogP contribution in [0.1, 0.15) is 25.6 Å². The Hall–Kier alpha value is -1.37. The minimum absolute atomic E-state index is 0.0348. The van der Waals surface area contributed by atoms with E-state index in [0.29, 0.717) is 10.3 Å². The normalized spacial score (nSPS) is 11.2. The third-order valence-corrected chi connectivity index (χ3v) is 2.66. The standard InChI is InChI=1S/C10H9BrF2N4/c1-5(2)10-14-15-16-17(10)9-7(12)3-6(11)4-8(9)13/h3-5H,1-2H3. The van der Waals surface area contributed by atoms with Crippen LogP contribution in [-0.4, -0.2) is 20.2 Å². The van der Waals surface area contributed by atoms with Gasteiger partial charge in [-0.15, -0.1) is 5.10 Å². The van der Waals surface area contributed by atoms with Crippen molar-refractivity contribution >= 4 is 15.9 Å². The summed E-state index contributed by atoms with van der Waals surface area (Å²) >= 11 is 3.02.